The Morgan fingerprint density at radius 2 is 1.65 bits per heavy atom. The minimum atomic E-state index is -0.771. The summed E-state index contributed by atoms with van der Waals surface area (Å²) in [7, 11) is 0. The number of hydrogen-bond acceptors (Lipinski definition) is 4. The van der Waals surface area contributed by atoms with Crippen LogP contribution in [0.1, 0.15) is 35.3 Å². The van der Waals surface area contributed by atoms with Crippen LogP contribution in [-0.4, -0.2) is 24.1 Å². The van der Waals surface area contributed by atoms with Gasteiger partial charge in [-0.2, -0.15) is 5.10 Å². The highest BCUT2D eigenvalue weighted by Gasteiger charge is 2.24. The molecule has 0 aliphatic rings. The molecule has 0 saturated carbocycles. The van der Waals surface area contributed by atoms with Gasteiger partial charge in [-0.15, -0.1) is 0 Å². The van der Waals surface area contributed by atoms with Gasteiger partial charge in [0.15, 0.2) is 0 Å². The third-order valence-electron chi connectivity index (χ3n) is 4.98. The molecule has 0 radical (unpaired) electrons. The van der Waals surface area contributed by atoms with Crippen molar-refractivity contribution in [2.24, 2.45) is 11.0 Å². The van der Waals surface area contributed by atoms with Gasteiger partial charge in [0.2, 0.25) is 0 Å². The highest BCUT2D eigenvalue weighted by Crippen LogP contribution is 2.21. The molecule has 2 N–H and O–H groups in total. The molecule has 0 aliphatic heterocycles. The van der Waals surface area contributed by atoms with Crippen molar-refractivity contribution in [3.63, 3.8) is 0 Å². The summed E-state index contributed by atoms with van der Waals surface area (Å²) in [5.74, 6) is -0.356. The van der Waals surface area contributed by atoms with Crippen molar-refractivity contribution in [2.45, 2.75) is 26.5 Å². The van der Waals surface area contributed by atoms with Gasteiger partial charge in [0.25, 0.3) is 11.8 Å². The van der Waals surface area contributed by atoms with Crippen LogP contribution in [0.5, 0.6) is 5.75 Å². The van der Waals surface area contributed by atoms with Crippen molar-refractivity contribution in [1.82, 2.24) is 10.7 Å². The van der Waals surface area contributed by atoms with E-state index in [0.29, 0.717) is 33.5 Å². The summed E-state index contributed by atoms with van der Waals surface area (Å²) in [6.07, 6.45) is 1.50. The predicted molar refractivity (Wildman–Crippen MR) is 136 cm³/mol. The number of hydrazone groups is 1. The average Bonchev–Trinajstić information content (AvgIpc) is 2.82. The van der Waals surface area contributed by atoms with Crippen LogP contribution in [-0.2, 0) is 11.4 Å². The number of carbonyl (C=O) groups is 2. The molecule has 3 aromatic rings. The van der Waals surface area contributed by atoms with E-state index in [4.69, 9.17) is 27.9 Å². The minimum absolute atomic E-state index is 0.155. The Labute approximate surface area is 208 Å². The van der Waals surface area contributed by atoms with Crippen molar-refractivity contribution in [1.29, 1.82) is 0 Å². The first-order valence-electron chi connectivity index (χ1n) is 10.7. The van der Waals surface area contributed by atoms with Crippen molar-refractivity contribution < 1.29 is 14.3 Å². The van der Waals surface area contributed by atoms with Crippen LogP contribution >= 0.6 is 23.2 Å². The van der Waals surface area contributed by atoms with Gasteiger partial charge in [0.1, 0.15) is 18.4 Å². The van der Waals surface area contributed by atoms with E-state index in [2.05, 4.69) is 15.8 Å². The lowest BCUT2D eigenvalue weighted by atomic mass is 10.0. The van der Waals surface area contributed by atoms with E-state index in [1.165, 1.54) is 6.21 Å². The fraction of sp³-hybridized carbons (Fsp3) is 0.192. The summed E-state index contributed by atoms with van der Waals surface area (Å²) in [4.78, 5) is 25.3. The van der Waals surface area contributed by atoms with E-state index in [-0.39, 0.29) is 11.8 Å². The molecule has 0 spiro atoms. The number of nitrogens with one attached hydrogen (secondary N) is 2. The van der Waals surface area contributed by atoms with Gasteiger partial charge in [-0.25, -0.2) is 5.43 Å². The molecule has 0 fully saturated rings. The number of rotatable bonds is 9. The lowest BCUT2D eigenvalue weighted by Gasteiger charge is -2.20. The molecule has 0 saturated heterocycles. The van der Waals surface area contributed by atoms with Gasteiger partial charge in [-0.3, -0.25) is 9.59 Å². The fourth-order valence-corrected chi connectivity index (χ4v) is 3.40. The summed E-state index contributed by atoms with van der Waals surface area (Å²) in [5.41, 5.74) is 4.46. The quantitative estimate of drug-likeness (QED) is 0.303. The van der Waals surface area contributed by atoms with Gasteiger partial charge in [0, 0.05) is 26.7 Å². The summed E-state index contributed by atoms with van der Waals surface area (Å²) in [5, 5.41) is 7.98. The molecule has 6 nitrogen and oxygen atoms in total. The second-order valence-electron chi connectivity index (χ2n) is 7.85. The Morgan fingerprint density at radius 3 is 2.35 bits per heavy atom. The molecular weight excluding hydrogens is 473 g/mol. The zero-order chi connectivity index (χ0) is 24.5. The van der Waals surface area contributed by atoms with Gasteiger partial charge >= 0.3 is 0 Å². The van der Waals surface area contributed by atoms with Gasteiger partial charge < -0.3 is 10.1 Å². The molecule has 176 valence electrons. The lowest BCUT2D eigenvalue weighted by molar-refractivity contribution is -0.123. The van der Waals surface area contributed by atoms with Crippen molar-refractivity contribution in [3.8, 4) is 5.75 Å². The van der Waals surface area contributed by atoms with Crippen molar-refractivity contribution in [3.05, 3.63) is 99.5 Å². The van der Waals surface area contributed by atoms with Crippen LogP contribution in [0.25, 0.3) is 0 Å². The number of carbonyl (C=O) groups excluding carboxylic acids is 2. The SMILES string of the molecule is CC(C)C(NC(=O)c1ccc(Cl)cc1)C(=O)NN=Cc1ccccc1OCc1ccccc1Cl. The molecule has 0 aliphatic carbocycles. The molecule has 1 unspecified atom stereocenters. The van der Waals surface area contributed by atoms with Crippen LogP contribution < -0.4 is 15.5 Å². The number of halogens is 2. The number of hydrogen-bond donors (Lipinski definition) is 2. The molecule has 8 heteroatoms. The van der Waals surface area contributed by atoms with Crippen LogP contribution in [0.3, 0.4) is 0 Å². The van der Waals surface area contributed by atoms with Crippen LogP contribution in [0, 0.1) is 5.92 Å². The smallest absolute Gasteiger partial charge is 0.262 e. The molecule has 34 heavy (non-hydrogen) atoms. The summed E-state index contributed by atoms with van der Waals surface area (Å²) in [6, 6.07) is 20.4. The first kappa shape index (κ1) is 25.3. The number of benzene rings is 3. The topological polar surface area (TPSA) is 79.8 Å². The van der Waals surface area contributed by atoms with Gasteiger partial charge in [-0.05, 0) is 48.4 Å². The average molecular weight is 498 g/mol. The van der Waals surface area contributed by atoms with E-state index in [0.717, 1.165) is 5.56 Å². The van der Waals surface area contributed by atoms with E-state index < -0.39 is 11.9 Å². The van der Waals surface area contributed by atoms with Crippen molar-refractivity contribution in [2.75, 3.05) is 0 Å². The highest BCUT2D eigenvalue weighted by molar-refractivity contribution is 6.31. The van der Waals surface area contributed by atoms with Crippen LogP contribution in [0.4, 0.5) is 0 Å². The second-order valence-corrected chi connectivity index (χ2v) is 8.70. The Bertz CT molecular complexity index is 1160. The highest BCUT2D eigenvalue weighted by atomic mass is 35.5. The predicted octanol–water partition coefficient (Wildman–Crippen LogP) is 5.48. The normalized spacial score (nSPS) is 11.9. The summed E-state index contributed by atoms with van der Waals surface area (Å²) >= 11 is 12.1. The van der Waals surface area contributed by atoms with E-state index in [1.54, 1.807) is 30.3 Å². The first-order valence-corrected chi connectivity index (χ1v) is 11.5. The van der Waals surface area contributed by atoms with E-state index in [1.807, 2.05) is 56.3 Å². The minimum Gasteiger partial charge on any atom is -0.488 e. The van der Waals surface area contributed by atoms with E-state index >= 15 is 0 Å². The van der Waals surface area contributed by atoms with Crippen LogP contribution in [0.2, 0.25) is 10.0 Å². The molecule has 1 atom stereocenters. The third-order valence-corrected chi connectivity index (χ3v) is 5.60. The third kappa shape index (κ3) is 7.07. The second kappa shape index (κ2) is 12.2. The fourth-order valence-electron chi connectivity index (χ4n) is 3.09. The van der Waals surface area contributed by atoms with Gasteiger partial charge in [0.05, 0.1) is 6.21 Å². The molecule has 0 bridgehead atoms. The number of amides is 2. The Morgan fingerprint density at radius 1 is 0.971 bits per heavy atom. The summed E-state index contributed by atoms with van der Waals surface area (Å²) in [6.45, 7) is 3.98. The zero-order valence-electron chi connectivity index (χ0n) is 18.8. The molecule has 3 aromatic carbocycles. The standard InChI is InChI=1S/C26H25Cl2N3O3/c1-17(2)24(30-25(32)18-11-13-21(27)14-12-18)26(33)31-29-15-19-7-4-6-10-23(19)34-16-20-8-3-5-9-22(20)28/h3-15,17,24H,16H2,1-2H3,(H,30,32)(H,31,33). The lowest BCUT2D eigenvalue weighted by Crippen LogP contribution is -2.48. The largest absolute Gasteiger partial charge is 0.488 e. The Kier molecular flexibility index (Phi) is 9.08. The Hall–Kier alpha value is -3.35. The zero-order valence-corrected chi connectivity index (χ0v) is 20.3. The number of nitrogens with zero attached hydrogens (tertiary/aromatic N) is 1. The Balaban J connectivity index is 1.63. The molecular formula is C26H25Cl2N3O3. The first-order chi connectivity index (χ1) is 16.3. The van der Waals surface area contributed by atoms with E-state index in [9.17, 15) is 9.59 Å². The maximum Gasteiger partial charge on any atom is 0.262 e. The summed E-state index contributed by atoms with van der Waals surface area (Å²) < 4.78 is 5.90. The molecule has 0 aromatic heterocycles. The molecule has 3 rings (SSSR count). The number of para-hydroxylation sites is 1. The van der Waals surface area contributed by atoms with Gasteiger partial charge in [-0.1, -0.05) is 67.4 Å². The van der Waals surface area contributed by atoms with Crippen LogP contribution in [0.15, 0.2) is 77.9 Å². The monoisotopic (exact) mass is 497 g/mol. The van der Waals surface area contributed by atoms with Crippen molar-refractivity contribution >= 4 is 41.2 Å². The maximum absolute atomic E-state index is 12.7. The number of ether oxygens (including phenoxy) is 1. The molecule has 0 heterocycles. The molecule has 2 amide bonds. The maximum atomic E-state index is 12.7.